The highest BCUT2D eigenvalue weighted by Gasteiger charge is 2.32. The van der Waals surface area contributed by atoms with Gasteiger partial charge in [-0.1, -0.05) is 30.3 Å². The van der Waals surface area contributed by atoms with Crippen LogP contribution < -0.4 is 15.4 Å². The molecule has 0 spiro atoms. The molecule has 6 heteroatoms. The largest absolute Gasteiger partial charge is 0.457 e. The summed E-state index contributed by atoms with van der Waals surface area (Å²) in [4.78, 5) is 26.9. The molecule has 1 saturated heterocycles. The van der Waals surface area contributed by atoms with Crippen molar-refractivity contribution < 1.29 is 14.3 Å². The van der Waals surface area contributed by atoms with Crippen LogP contribution in [0.4, 0.5) is 0 Å². The van der Waals surface area contributed by atoms with Crippen LogP contribution in [0.2, 0.25) is 0 Å². The Morgan fingerprint density at radius 2 is 1.86 bits per heavy atom. The molecule has 29 heavy (non-hydrogen) atoms. The SMILES string of the molecule is CC(C)(C)NC(=O)CC1C(=O)NCCN1Cc1cccc(Oc2ccccc2)c1. The molecule has 1 heterocycles. The van der Waals surface area contributed by atoms with E-state index in [0.29, 0.717) is 19.6 Å². The van der Waals surface area contributed by atoms with Gasteiger partial charge in [-0.3, -0.25) is 14.5 Å². The predicted octanol–water partition coefficient (Wildman–Crippen LogP) is 3.08. The summed E-state index contributed by atoms with van der Waals surface area (Å²) in [5.74, 6) is 1.30. The number of nitrogens with one attached hydrogen (secondary N) is 2. The molecule has 1 atom stereocenters. The van der Waals surface area contributed by atoms with Gasteiger partial charge in [-0.15, -0.1) is 0 Å². The Kier molecular flexibility index (Phi) is 6.54. The standard InChI is InChI=1S/C23H29N3O3/c1-23(2,3)25-21(27)15-20-22(28)24-12-13-26(20)16-17-8-7-11-19(14-17)29-18-9-5-4-6-10-18/h4-11,14,20H,12-13,15-16H2,1-3H3,(H,24,28)(H,25,27). The van der Waals surface area contributed by atoms with Gasteiger partial charge >= 0.3 is 0 Å². The van der Waals surface area contributed by atoms with E-state index in [1.165, 1.54) is 0 Å². The summed E-state index contributed by atoms with van der Waals surface area (Å²) >= 11 is 0. The Morgan fingerprint density at radius 1 is 1.14 bits per heavy atom. The van der Waals surface area contributed by atoms with Gasteiger partial charge in [0.2, 0.25) is 11.8 Å². The number of amides is 2. The molecular formula is C23H29N3O3. The van der Waals surface area contributed by atoms with Crippen LogP contribution in [0.1, 0.15) is 32.8 Å². The number of rotatable bonds is 6. The lowest BCUT2D eigenvalue weighted by Crippen LogP contribution is -2.56. The second-order valence-electron chi connectivity index (χ2n) is 8.34. The van der Waals surface area contributed by atoms with Crippen molar-refractivity contribution in [1.29, 1.82) is 0 Å². The molecule has 0 saturated carbocycles. The third-order valence-corrected chi connectivity index (χ3v) is 4.60. The maximum absolute atomic E-state index is 12.4. The van der Waals surface area contributed by atoms with Crippen molar-refractivity contribution in [2.45, 2.75) is 45.3 Å². The van der Waals surface area contributed by atoms with Gasteiger partial charge in [0.15, 0.2) is 0 Å². The van der Waals surface area contributed by atoms with Crippen molar-refractivity contribution in [3.63, 3.8) is 0 Å². The lowest BCUT2D eigenvalue weighted by molar-refractivity contribution is -0.134. The minimum atomic E-state index is -0.482. The van der Waals surface area contributed by atoms with E-state index in [1.807, 2.05) is 75.4 Å². The van der Waals surface area contributed by atoms with Gasteiger partial charge in [0, 0.05) is 25.2 Å². The monoisotopic (exact) mass is 395 g/mol. The molecule has 2 amide bonds. The Morgan fingerprint density at radius 3 is 2.59 bits per heavy atom. The number of carbonyl (C=O) groups excluding carboxylic acids is 2. The number of para-hydroxylation sites is 1. The summed E-state index contributed by atoms with van der Waals surface area (Å²) < 4.78 is 5.91. The van der Waals surface area contributed by atoms with Gasteiger partial charge in [0.05, 0.1) is 12.5 Å². The number of hydrogen-bond acceptors (Lipinski definition) is 4. The molecule has 1 fully saturated rings. The van der Waals surface area contributed by atoms with E-state index in [9.17, 15) is 9.59 Å². The molecular weight excluding hydrogens is 366 g/mol. The second kappa shape index (κ2) is 9.09. The summed E-state index contributed by atoms with van der Waals surface area (Å²) in [7, 11) is 0. The van der Waals surface area contributed by atoms with E-state index in [1.54, 1.807) is 0 Å². The molecule has 3 rings (SSSR count). The van der Waals surface area contributed by atoms with E-state index in [4.69, 9.17) is 4.74 Å². The zero-order valence-electron chi connectivity index (χ0n) is 17.3. The van der Waals surface area contributed by atoms with E-state index in [2.05, 4.69) is 15.5 Å². The van der Waals surface area contributed by atoms with Crippen LogP contribution in [0.15, 0.2) is 54.6 Å². The number of benzene rings is 2. The predicted molar refractivity (Wildman–Crippen MR) is 113 cm³/mol. The third kappa shape index (κ3) is 6.32. The molecule has 1 aliphatic rings. The molecule has 2 aromatic carbocycles. The minimum absolute atomic E-state index is 0.100. The minimum Gasteiger partial charge on any atom is -0.457 e. The summed E-state index contributed by atoms with van der Waals surface area (Å²) in [5.41, 5.74) is 0.713. The van der Waals surface area contributed by atoms with Crippen molar-refractivity contribution >= 4 is 11.8 Å². The van der Waals surface area contributed by atoms with Crippen LogP contribution >= 0.6 is 0 Å². The van der Waals surface area contributed by atoms with Crippen LogP contribution in [0.25, 0.3) is 0 Å². The van der Waals surface area contributed by atoms with Crippen molar-refractivity contribution in [2.75, 3.05) is 13.1 Å². The first-order valence-electron chi connectivity index (χ1n) is 9.95. The maximum atomic E-state index is 12.4. The zero-order valence-corrected chi connectivity index (χ0v) is 17.3. The van der Waals surface area contributed by atoms with Crippen molar-refractivity contribution in [1.82, 2.24) is 15.5 Å². The number of hydrogen-bond donors (Lipinski definition) is 2. The van der Waals surface area contributed by atoms with Crippen LogP contribution in [0.3, 0.4) is 0 Å². The highest BCUT2D eigenvalue weighted by Crippen LogP contribution is 2.23. The molecule has 0 aliphatic carbocycles. The van der Waals surface area contributed by atoms with Crippen LogP contribution in [-0.4, -0.2) is 41.4 Å². The molecule has 0 bridgehead atoms. The van der Waals surface area contributed by atoms with E-state index in [-0.39, 0.29) is 23.8 Å². The molecule has 2 N–H and O–H groups in total. The molecule has 154 valence electrons. The summed E-state index contributed by atoms with van der Waals surface area (Å²) in [6.07, 6.45) is 0.142. The Hall–Kier alpha value is -2.86. The Labute approximate surface area is 172 Å². The molecule has 2 aromatic rings. The van der Waals surface area contributed by atoms with Gasteiger partial charge in [-0.25, -0.2) is 0 Å². The lowest BCUT2D eigenvalue weighted by Gasteiger charge is -2.35. The highest BCUT2D eigenvalue weighted by atomic mass is 16.5. The fraction of sp³-hybridized carbons (Fsp3) is 0.391. The van der Waals surface area contributed by atoms with E-state index < -0.39 is 6.04 Å². The van der Waals surface area contributed by atoms with Crippen molar-refractivity contribution in [2.24, 2.45) is 0 Å². The molecule has 6 nitrogen and oxygen atoms in total. The number of piperazine rings is 1. The van der Waals surface area contributed by atoms with Gasteiger partial charge in [-0.05, 0) is 50.6 Å². The Bertz CT molecular complexity index is 846. The zero-order chi connectivity index (χ0) is 20.9. The van der Waals surface area contributed by atoms with Gasteiger partial charge in [0.25, 0.3) is 0 Å². The molecule has 1 aliphatic heterocycles. The summed E-state index contributed by atoms with van der Waals surface area (Å²) in [6, 6.07) is 17.0. The summed E-state index contributed by atoms with van der Waals surface area (Å²) in [5, 5.41) is 5.82. The topological polar surface area (TPSA) is 70.7 Å². The highest BCUT2D eigenvalue weighted by molar-refractivity contribution is 5.89. The van der Waals surface area contributed by atoms with E-state index >= 15 is 0 Å². The van der Waals surface area contributed by atoms with Gasteiger partial charge in [-0.2, -0.15) is 0 Å². The normalized spacial score (nSPS) is 17.5. The number of carbonyl (C=O) groups is 2. The summed E-state index contributed by atoms with van der Waals surface area (Å²) in [6.45, 7) is 7.65. The third-order valence-electron chi connectivity index (χ3n) is 4.60. The van der Waals surface area contributed by atoms with Crippen LogP contribution in [0, 0.1) is 0 Å². The molecule has 1 unspecified atom stereocenters. The quantitative estimate of drug-likeness (QED) is 0.789. The van der Waals surface area contributed by atoms with Crippen molar-refractivity contribution in [3.8, 4) is 11.5 Å². The average Bonchev–Trinajstić information content (AvgIpc) is 2.64. The first-order valence-corrected chi connectivity index (χ1v) is 9.95. The van der Waals surface area contributed by atoms with Crippen molar-refractivity contribution in [3.05, 3.63) is 60.2 Å². The smallest absolute Gasteiger partial charge is 0.237 e. The lowest BCUT2D eigenvalue weighted by atomic mass is 10.0. The maximum Gasteiger partial charge on any atom is 0.237 e. The van der Waals surface area contributed by atoms with Crippen LogP contribution in [0.5, 0.6) is 11.5 Å². The molecule has 0 radical (unpaired) electrons. The fourth-order valence-electron chi connectivity index (χ4n) is 3.38. The van der Waals surface area contributed by atoms with Crippen LogP contribution in [-0.2, 0) is 16.1 Å². The Balaban J connectivity index is 1.69. The average molecular weight is 396 g/mol. The van der Waals surface area contributed by atoms with Gasteiger partial charge in [0.1, 0.15) is 11.5 Å². The number of nitrogens with zero attached hydrogens (tertiary/aromatic N) is 1. The first kappa shape index (κ1) is 20.9. The second-order valence-corrected chi connectivity index (χ2v) is 8.34. The molecule has 0 aromatic heterocycles. The first-order chi connectivity index (χ1) is 13.8. The van der Waals surface area contributed by atoms with E-state index in [0.717, 1.165) is 17.1 Å². The number of ether oxygens (including phenoxy) is 1. The fourth-order valence-corrected chi connectivity index (χ4v) is 3.38. The van der Waals surface area contributed by atoms with Gasteiger partial charge < -0.3 is 15.4 Å².